The number of benzene rings is 1. The highest BCUT2D eigenvalue weighted by Crippen LogP contribution is 2.41. The van der Waals surface area contributed by atoms with E-state index < -0.39 is 0 Å². The molecule has 2 nitrogen and oxygen atoms in total. The summed E-state index contributed by atoms with van der Waals surface area (Å²) >= 11 is 8.72. The number of hydrogen-bond acceptors (Lipinski definition) is 3. The molecule has 2 N–H and O–H groups in total. The molecule has 0 aliphatic heterocycles. The van der Waals surface area contributed by atoms with Gasteiger partial charge in [-0.15, -0.1) is 11.3 Å². The lowest BCUT2D eigenvalue weighted by molar-refractivity contribution is 0.672. The zero-order valence-electron chi connectivity index (χ0n) is 18.7. The van der Waals surface area contributed by atoms with Crippen molar-refractivity contribution in [1.29, 1.82) is 0 Å². The number of anilines is 1. The molecular formula is C26H35ClN2S. The average Bonchev–Trinajstić information content (AvgIpc) is 3.06. The maximum atomic E-state index is 6.73. The van der Waals surface area contributed by atoms with E-state index in [2.05, 4.69) is 56.5 Å². The van der Waals surface area contributed by atoms with E-state index in [-0.39, 0.29) is 0 Å². The number of nitrogens with zero attached hydrogens (tertiary/aromatic N) is 1. The van der Waals surface area contributed by atoms with Crippen LogP contribution in [-0.2, 0) is 19.4 Å². The van der Waals surface area contributed by atoms with Crippen LogP contribution in [0.2, 0.25) is 0 Å². The van der Waals surface area contributed by atoms with Crippen molar-refractivity contribution in [2.75, 3.05) is 11.4 Å². The Morgan fingerprint density at radius 2 is 2.03 bits per heavy atom. The molecule has 0 unspecified atom stereocenters. The van der Waals surface area contributed by atoms with Crippen LogP contribution in [0.3, 0.4) is 0 Å². The van der Waals surface area contributed by atoms with Crippen molar-refractivity contribution in [3.8, 4) is 0 Å². The summed E-state index contributed by atoms with van der Waals surface area (Å²) in [6.07, 6.45) is 10.3. The molecule has 0 amide bonds. The number of unbranched alkanes of at least 4 members (excludes halogenated alkanes) is 2. The van der Waals surface area contributed by atoms with Crippen LogP contribution >= 0.6 is 22.9 Å². The zero-order valence-corrected chi connectivity index (χ0v) is 20.3. The van der Waals surface area contributed by atoms with Crippen molar-refractivity contribution in [2.45, 2.75) is 72.3 Å². The van der Waals surface area contributed by atoms with Gasteiger partial charge in [0.15, 0.2) is 0 Å². The molecule has 1 aliphatic carbocycles. The number of hydrogen-bond donors (Lipinski definition) is 1. The van der Waals surface area contributed by atoms with Crippen molar-refractivity contribution in [2.24, 2.45) is 5.73 Å². The molecule has 3 rings (SSSR count). The first-order chi connectivity index (χ1) is 14.5. The van der Waals surface area contributed by atoms with Crippen LogP contribution in [0.5, 0.6) is 0 Å². The van der Waals surface area contributed by atoms with Gasteiger partial charge >= 0.3 is 0 Å². The molecule has 1 heterocycles. The van der Waals surface area contributed by atoms with E-state index in [4.69, 9.17) is 17.3 Å². The van der Waals surface area contributed by atoms with E-state index in [0.29, 0.717) is 5.70 Å². The molecule has 4 heteroatoms. The van der Waals surface area contributed by atoms with Crippen LogP contribution in [-0.4, -0.2) is 6.54 Å². The quantitative estimate of drug-likeness (QED) is 0.382. The molecule has 1 aromatic heterocycles. The van der Waals surface area contributed by atoms with Gasteiger partial charge in [-0.05, 0) is 61.4 Å². The second kappa shape index (κ2) is 10.5. The van der Waals surface area contributed by atoms with Gasteiger partial charge in [-0.1, -0.05) is 63.4 Å². The number of thiophene rings is 1. The molecule has 1 aliphatic rings. The summed E-state index contributed by atoms with van der Waals surface area (Å²) in [6.45, 7) is 12.6. The standard InChI is InChI=1S/C26H35ClN2S/c1-5-7-8-15-29(23-14-13-20(19(4)28)16-18(23)3)17-21-24(10-6-2)30-25-12-9-11-22(27)26(21)25/h11,13-14,16H,4-10,12,15,17,28H2,1-3H3. The summed E-state index contributed by atoms with van der Waals surface area (Å²) in [4.78, 5) is 5.54. The summed E-state index contributed by atoms with van der Waals surface area (Å²) in [5.41, 5.74) is 12.9. The molecule has 0 bridgehead atoms. The maximum Gasteiger partial charge on any atom is 0.0453 e. The Labute approximate surface area is 191 Å². The zero-order chi connectivity index (χ0) is 21.7. The van der Waals surface area contributed by atoms with Crippen LogP contribution < -0.4 is 10.6 Å². The van der Waals surface area contributed by atoms with Crippen LogP contribution in [0.15, 0.2) is 30.9 Å². The smallest absolute Gasteiger partial charge is 0.0453 e. The highest BCUT2D eigenvalue weighted by molar-refractivity contribution is 7.12. The van der Waals surface area contributed by atoms with E-state index in [0.717, 1.165) is 49.4 Å². The van der Waals surface area contributed by atoms with Crippen LogP contribution in [0, 0.1) is 6.92 Å². The number of fused-ring (bicyclic) bond motifs is 1. The Morgan fingerprint density at radius 1 is 1.23 bits per heavy atom. The van der Waals surface area contributed by atoms with Crippen molar-refractivity contribution in [3.05, 3.63) is 62.9 Å². The lowest BCUT2D eigenvalue weighted by atomic mass is 9.98. The van der Waals surface area contributed by atoms with E-state index in [9.17, 15) is 0 Å². The largest absolute Gasteiger partial charge is 0.399 e. The molecule has 0 saturated heterocycles. The minimum Gasteiger partial charge on any atom is -0.399 e. The topological polar surface area (TPSA) is 29.3 Å². The molecule has 162 valence electrons. The highest BCUT2D eigenvalue weighted by atomic mass is 35.5. The lowest BCUT2D eigenvalue weighted by Crippen LogP contribution is -2.25. The fourth-order valence-corrected chi connectivity index (χ4v) is 6.13. The van der Waals surface area contributed by atoms with Gasteiger partial charge in [-0.2, -0.15) is 0 Å². The minimum absolute atomic E-state index is 0.622. The number of aryl methyl sites for hydroxylation is 3. The van der Waals surface area contributed by atoms with Gasteiger partial charge in [0.05, 0.1) is 0 Å². The second-order valence-corrected chi connectivity index (χ2v) is 9.89. The Morgan fingerprint density at radius 3 is 2.70 bits per heavy atom. The molecule has 2 aromatic rings. The van der Waals surface area contributed by atoms with E-state index in [1.165, 1.54) is 51.4 Å². The maximum absolute atomic E-state index is 6.73. The molecule has 0 saturated carbocycles. The van der Waals surface area contributed by atoms with Gasteiger partial charge in [0.25, 0.3) is 0 Å². The molecule has 0 fully saturated rings. The molecule has 0 spiro atoms. The third-order valence-electron chi connectivity index (χ3n) is 5.86. The molecule has 30 heavy (non-hydrogen) atoms. The third kappa shape index (κ3) is 5.12. The summed E-state index contributed by atoms with van der Waals surface area (Å²) in [5.74, 6) is 0. The molecule has 1 aromatic carbocycles. The van der Waals surface area contributed by atoms with Gasteiger partial charge in [0.1, 0.15) is 0 Å². The van der Waals surface area contributed by atoms with E-state index >= 15 is 0 Å². The van der Waals surface area contributed by atoms with E-state index in [1.807, 2.05) is 11.3 Å². The minimum atomic E-state index is 0.622. The average molecular weight is 443 g/mol. The van der Waals surface area contributed by atoms with Crippen LogP contribution in [0.25, 0.3) is 10.7 Å². The first-order valence-electron chi connectivity index (χ1n) is 11.3. The van der Waals surface area contributed by atoms with Gasteiger partial charge in [0.2, 0.25) is 0 Å². The third-order valence-corrected chi connectivity index (χ3v) is 7.56. The van der Waals surface area contributed by atoms with Crippen LogP contribution in [0.4, 0.5) is 5.69 Å². The first kappa shape index (κ1) is 23.0. The predicted octanol–water partition coefficient (Wildman–Crippen LogP) is 7.66. The number of halogens is 1. The van der Waals surface area contributed by atoms with Crippen molar-refractivity contribution in [3.63, 3.8) is 0 Å². The highest BCUT2D eigenvalue weighted by Gasteiger charge is 2.24. The van der Waals surface area contributed by atoms with Crippen molar-refractivity contribution >= 4 is 39.4 Å². The normalized spacial score (nSPS) is 13.1. The van der Waals surface area contributed by atoms with Gasteiger partial charge < -0.3 is 10.6 Å². The summed E-state index contributed by atoms with van der Waals surface area (Å²) < 4.78 is 0. The Kier molecular flexibility index (Phi) is 8.07. The van der Waals surface area contributed by atoms with Crippen molar-refractivity contribution in [1.82, 2.24) is 0 Å². The number of allylic oxidation sites excluding steroid dienone is 1. The molecule has 0 atom stereocenters. The van der Waals surface area contributed by atoms with E-state index in [1.54, 1.807) is 0 Å². The van der Waals surface area contributed by atoms with Gasteiger partial charge in [-0.3, -0.25) is 0 Å². The van der Waals surface area contributed by atoms with Gasteiger partial charge in [0, 0.05) is 44.8 Å². The molecular weight excluding hydrogens is 408 g/mol. The summed E-state index contributed by atoms with van der Waals surface area (Å²) in [5, 5.41) is 0.949. The number of rotatable bonds is 10. The van der Waals surface area contributed by atoms with Crippen LogP contribution in [0.1, 0.15) is 78.0 Å². The fraction of sp³-hybridized carbons (Fsp3) is 0.462. The lowest BCUT2D eigenvalue weighted by Gasteiger charge is -2.28. The Hall–Kier alpha value is -1.71. The van der Waals surface area contributed by atoms with Crippen molar-refractivity contribution < 1.29 is 0 Å². The predicted molar refractivity (Wildman–Crippen MR) is 135 cm³/mol. The summed E-state index contributed by atoms with van der Waals surface area (Å²) in [7, 11) is 0. The summed E-state index contributed by atoms with van der Waals surface area (Å²) in [6, 6.07) is 6.47. The Balaban J connectivity index is 2.00. The number of nitrogens with two attached hydrogens (primary N) is 1. The van der Waals surface area contributed by atoms with Gasteiger partial charge in [-0.25, -0.2) is 0 Å². The second-order valence-electron chi connectivity index (χ2n) is 8.30. The fourth-order valence-electron chi connectivity index (χ4n) is 4.29. The SMILES string of the molecule is C=C(N)c1ccc(N(CCCCC)Cc2c(CCC)sc3c2C(Cl)=CCC3)c(C)c1. The first-order valence-corrected chi connectivity index (χ1v) is 12.4. The Bertz CT molecular complexity index is 925. The molecule has 0 radical (unpaired) electrons. The monoisotopic (exact) mass is 442 g/mol.